The SMILES string of the molecule is COc1ccc(CNC(=O)CO/N=C(/C)c2ccc3c(c2)OCO3)cc1. The van der Waals surface area contributed by atoms with E-state index in [0.717, 1.165) is 16.9 Å². The van der Waals surface area contributed by atoms with Crippen molar-refractivity contribution in [2.45, 2.75) is 13.5 Å². The average Bonchev–Trinajstić information content (AvgIpc) is 3.14. The molecule has 0 spiro atoms. The summed E-state index contributed by atoms with van der Waals surface area (Å²) in [5, 5.41) is 6.75. The van der Waals surface area contributed by atoms with Crippen molar-refractivity contribution in [3.05, 3.63) is 53.6 Å². The first kappa shape index (κ1) is 17.6. The van der Waals surface area contributed by atoms with Crippen LogP contribution in [-0.2, 0) is 16.2 Å². The van der Waals surface area contributed by atoms with Crippen molar-refractivity contribution < 1.29 is 23.8 Å². The quantitative estimate of drug-likeness (QED) is 0.609. The number of carbonyl (C=O) groups is 1. The third-order valence-corrected chi connectivity index (χ3v) is 3.84. The van der Waals surface area contributed by atoms with E-state index in [-0.39, 0.29) is 19.3 Å². The van der Waals surface area contributed by atoms with E-state index in [4.69, 9.17) is 19.0 Å². The van der Waals surface area contributed by atoms with Crippen molar-refractivity contribution in [3.63, 3.8) is 0 Å². The molecule has 0 aromatic heterocycles. The fourth-order valence-corrected chi connectivity index (χ4v) is 2.36. The van der Waals surface area contributed by atoms with E-state index in [1.165, 1.54) is 0 Å². The number of nitrogens with zero attached hydrogens (tertiary/aromatic N) is 1. The fraction of sp³-hybridized carbons (Fsp3) is 0.263. The number of fused-ring (bicyclic) bond motifs is 1. The van der Waals surface area contributed by atoms with Gasteiger partial charge in [0.25, 0.3) is 5.91 Å². The Morgan fingerprint density at radius 3 is 2.69 bits per heavy atom. The smallest absolute Gasteiger partial charge is 0.261 e. The van der Waals surface area contributed by atoms with E-state index in [0.29, 0.717) is 23.8 Å². The molecule has 0 aliphatic carbocycles. The molecule has 1 heterocycles. The fourth-order valence-electron chi connectivity index (χ4n) is 2.36. The zero-order valence-electron chi connectivity index (χ0n) is 14.7. The second-order valence-corrected chi connectivity index (χ2v) is 5.64. The highest BCUT2D eigenvalue weighted by Crippen LogP contribution is 2.32. The molecule has 1 aliphatic rings. The molecule has 1 aliphatic heterocycles. The van der Waals surface area contributed by atoms with Crippen LogP contribution in [0.2, 0.25) is 0 Å². The van der Waals surface area contributed by atoms with Crippen molar-refractivity contribution in [2.24, 2.45) is 5.16 Å². The number of rotatable bonds is 7. The summed E-state index contributed by atoms with van der Waals surface area (Å²) in [6.07, 6.45) is 0. The topological polar surface area (TPSA) is 78.4 Å². The number of hydrogen-bond acceptors (Lipinski definition) is 6. The van der Waals surface area contributed by atoms with Crippen LogP contribution in [0.25, 0.3) is 0 Å². The van der Waals surface area contributed by atoms with E-state index in [9.17, 15) is 4.79 Å². The summed E-state index contributed by atoms with van der Waals surface area (Å²) in [4.78, 5) is 17.0. The second kappa shape index (κ2) is 8.24. The minimum atomic E-state index is -0.247. The second-order valence-electron chi connectivity index (χ2n) is 5.64. The van der Waals surface area contributed by atoms with Gasteiger partial charge in [-0.05, 0) is 42.8 Å². The van der Waals surface area contributed by atoms with Gasteiger partial charge < -0.3 is 24.4 Å². The van der Waals surface area contributed by atoms with Gasteiger partial charge in [0, 0.05) is 12.1 Å². The Morgan fingerprint density at radius 1 is 1.15 bits per heavy atom. The molecule has 2 aromatic rings. The Balaban J connectivity index is 1.45. The van der Waals surface area contributed by atoms with Crippen LogP contribution in [0.1, 0.15) is 18.1 Å². The molecule has 0 saturated heterocycles. The maximum absolute atomic E-state index is 11.8. The van der Waals surface area contributed by atoms with Gasteiger partial charge in [0.15, 0.2) is 18.1 Å². The summed E-state index contributed by atoms with van der Waals surface area (Å²) in [5.74, 6) is 1.91. The van der Waals surface area contributed by atoms with Gasteiger partial charge in [-0.3, -0.25) is 4.79 Å². The van der Waals surface area contributed by atoms with Crippen molar-refractivity contribution in [3.8, 4) is 17.2 Å². The van der Waals surface area contributed by atoms with Crippen molar-refractivity contribution in [1.82, 2.24) is 5.32 Å². The van der Waals surface area contributed by atoms with Gasteiger partial charge in [-0.15, -0.1) is 0 Å². The summed E-state index contributed by atoms with van der Waals surface area (Å²) in [6.45, 7) is 2.28. The number of methoxy groups -OCH3 is 1. The summed E-state index contributed by atoms with van der Waals surface area (Å²) in [6, 6.07) is 13.0. The predicted molar refractivity (Wildman–Crippen MR) is 95.6 cm³/mol. The van der Waals surface area contributed by atoms with Crippen LogP contribution in [0.15, 0.2) is 47.6 Å². The van der Waals surface area contributed by atoms with Crippen LogP contribution in [-0.4, -0.2) is 32.1 Å². The van der Waals surface area contributed by atoms with Gasteiger partial charge in [0.2, 0.25) is 6.79 Å². The largest absolute Gasteiger partial charge is 0.497 e. The lowest BCUT2D eigenvalue weighted by atomic mass is 10.1. The highest BCUT2D eigenvalue weighted by atomic mass is 16.7. The average molecular weight is 356 g/mol. The maximum atomic E-state index is 11.8. The van der Waals surface area contributed by atoms with E-state index in [1.807, 2.05) is 42.5 Å². The van der Waals surface area contributed by atoms with Crippen molar-refractivity contribution in [2.75, 3.05) is 20.5 Å². The van der Waals surface area contributed by atoms with Crippen LogP contribution < -0.4 is 19.5 Å². The molecule has 3 rings (SSSR count). The highest BCUT2D eigenvalue weighted by molar-refractivity contribution is 5.99. The molecule has 0 radical (unpaired) electrons. The number of oxime groups is 1. The van der Waals surface area contributed by atoms with Crippen LogP contribution >= 0.6 is 0 Å². The van der Waals surface area contributed by atoms with Gasteiger partial charge >= 0.3 is 0 Å². The van der Waals surface area contributed by atoms with Gasteiger partial charge in [-0.25, -0.2) is 0 Å². The highest BCUT2D eigenvalue weighted by Gasteiger charge is 2.14. The van der Waals surface area contributed by atoms with Gasteiger partial charge in [0.1, 0.15) is 5.75 Å². The van der Waals surface area contributed by atoms with Gasteiger partial charge in [0.05, 0.1) is 12.8 Å². The number of hydrogen-bond donors (Lipinski definition) is 1. The van der Waals surface area contributed by atoms with Crippen molar-refractivity contribution >= 4 is 11.6 Å². The Bertz CT molecular complexity index is 802. The molecular weight excluding hydrogens is 336 g/mol. The standard InChI is InChI=1S/C19H20N2O5/c1-13(15-5-8-17-18(9-15)25-12-24-17)21-26-11-19(22)20-10-14-3-6-16(23-2)7-4-14/h3-9H,10-12H2,1-2H3,(H,20,22)/b21-13-. The first-order chi connectivity index (χ1) is 12.7. The zero-order chi connectivity index (χ0) is 18.4. The molecule has 0 fully saturated rings. The van der Waals surface area contributed by atoms with Crippen LogP contribution in [0.3, 0.4) is 0 Å². The molecule has 0 atom stereocenters. The molecule has 136 valence electrons. The first-order valence-electron chi connectivity index (χ1n) is 8.12. The predicted octanol–water partition coefficient (Wildman–Crippen LogP) is 2.48. The monoisotopic (exact) mass is 356 g/mol. The number of nitrogens with one attached hydrogen (secondary N) is 1. The van der Waals surface area contributed by atoms with E-state index >= 15 is 0 Å². The third-order valence-electron chi connectivity index (χ3n) is 3.84. The number of ether oxygens (including phenoxy) is 3. The normalized spacial score (nSPS) is 12.6. The molecular formula is C19H20N2O5. The van der Waals surface area contributed by atoms with E-state index < -0.39 is 0 Å². The van der Waals surface area contributed by atoms with Gasteiger partial charge in [-0.2, -0.15) is 0 Å². The lowest BCUT2D eigenvalue weighted by Crippen LogP contribution is -2.26. The van der Waals surface area contributed by atoms with E-state index in [1.54, 1.807) is 14.0 Å². The molecule has 0 bridgehead atoms. The van der Waals surface area contributed by atoms with Crippen LogP contribution in [0.5, 0.6) is 17.2 Å². The maximum Gasteiger partial charge on any atom is 0.261 e. The minimum Gasteiger partial charge on any atom is -0.497 e. The Hall–Kier alpha value is -3.22. The van der Waals surface area contributed by atoms with Crippen LogP contribution in [0, 0.1) is 0 Å². The summed E-state index contributed by atoms with van der Waals surface area (Å²) in [5.41, 5.74) is 2.46. The molecule has 7 nitrogen and oxygen atoms in total. The van der Waals surface area contributed by atoms with Crippen LogP contribution in [0.4, 0.5) is 0 Å². The summed E-state index contributed by atoms with van der Waals surface area (Å²) >= 11 is 0. The van der Waals surface area contributed by atoms with E-state index in [2.05, 4.69) is 10.5 Å². The Morgan fingerprint density at radius 2 is 1.92 bits per heavy atom. The lowest BCUT2D eigenvalue weighted by molar-refractivity contribution is -0.125. The third kappa shape index (κ3) is 4.44. The number of benzene rings is 2. The minimum absolute atomic E-state index is 0.155. The molecule has 7 heteroatoms. The molecule has 26 heavy (non-hydrogen) atoms. The molecule has 1 amide bonds. The number of amides is 1. The molecule has 1 N–H and O–H groups in total. The Kier molecular flexibility index (Phi) is 5.58. The number of carbonyl (C=O) groups excluding carboxylic acids is 1. The molecule has 2 aromatic carbocycles. The zero-order valence-corrected chi connectivity index (χ0v) is 14.7. The Labute approximate surface area is 151 Å². The van der Waals surface area contributed by atoms with Gasteiger partial charge in [-0.1, -0.05) is 17.3 Å². The molecule has 0 unspecified atom stereocenters. The summed E-state index contributed by atoms with van der Waals surface area (Å²) < 4.78 is 15.7. The van der Waals surface area contributed by atoms with Crippen molar-refractivity contribution in [1.29, 1.82) is 0 Å². The lowest BCUT2D eigenvalue weighted by Gasteiger charge is -2.06. The summed E-state index contributed by atoms with van der Waals surface area (Å²) in [7, 11) is 1.61. The first-order valence-corrected chi connectivity index (χ1v) is 8.12. The molecule has 0 saturated carbocycles.